The highest BCUT2D eigenvalue weighted by Crippen LogP contribution is 2.37. The molecule has 0 aromatic rings. The molecule has 0 aliphatic heterocycles. The van der Waals surface area contributed by atoms with Crippen LogP contribution in [0.3, 0.4) is 0 Å². The zero-order chi connectivity index (χ0) is 10.9. The van der Waals surface area contributed by atoms with Gasteiger partial charge in [0.1, 0.15) is 0 Å². The van der Waals surface area contributed by atoms with Crippen LogP contribution < -0.4 is 0 Å². The van der Waals surface area contributed by atoms with Crippen molar-refractivity contribution in [3.05, 3.63) is 12.2 Å². The summed E-state index contributed by atoms with van der Waals surface area (Å²) in [6.07, 6.45) is 2.82. The second kappa shape index (κ2) is 4.03. The van der Waals surface area contributed by atoms with E-state index in [0.29, 0.717) is 12.0 Å². The number of aliphatic hydroxyl groups is 1. The maximum atomic E-state index is 10.0. The molecule has 2 heteroatoms. The predicted molar refractivity (Wildman–Crippen MR) is 60.3 cm³/mol. The summed E-state index contributed by atoms with van der Waals surface area (Å²) in [5.74, 6) is 0.547. The van der Waals surface area contributed by atoms with Crippen LogP contribution in [0.5, 0.6) is 0 Å². The Kier molecular flexibility index (Phi) is 3.38. The van der Waals surface area contributed by atoms with Gasteiger partial charge in [-0.1, -0.05) is 12.2 Å². The Morgan fingerprint density at radius 1 is 1.50 bits per heavy atom. The molecule has 3 atom stereocenters. The van der Waals surface area contributed by atoms with Crippen molar-refractivity contribution in [1.82, 2.24) is 4.90 Å². The minimum Gasteiger partial charge on any atom is -0.390 e. The Hall–Kier alpha value is -0.340. The number of hydrogen-bond acceptors (Lipinski definition) is 2. The minimum atomic E-state index is -0.485. The van der Waals surface area contributed by atoms with Gasteiger partial charge in [-0.2, -0.15) is 0 Å². The van der Waals surface area contributed by atoms with Crippen LogP contribution in [0.15, 0.2) is 12.2 Å². The molecule has 0 amide bonds. The van der Waals surface area contributed by atoms with E-state index in [0.717, 1.165) is 19.3 Å². The maximum absolute atomic E-state index is 10.0. The van der Waals surface area contributed by atoms with Crippen LogP contribution in [-0.4, -0.2) is 35.7 Å². The van der Waals surface area contributed by atoms with Crippen LogP contribution in [0.4, 0.5) is 0 Å². The molecule has 1 N–H and O–H groups in total. The Morgan fingerprint density at radius 3 is 2.50 bits per heavy atom. The molecule has 82 valence electrons. The van der Waals surface area contributed by atoms with Gasteiger partial charge in [-0.15, -0.1) is 0 Å². The summed E-state index contributed by atoms with van der Waals surface area (Å²) in [6.45, 7) is 8.09. The molecule has 1 fully saturated rings. The van der Waals surface area contributed by atoms with E-state index in [2.05, 4.69) is 32.5 Å². The molecule has 0 radical (unpaired) electrons. The average molecular weight is 197 g/mol. The predicted octanol–water partition coefficient (Wildman–Crippen LogP) is 2.04. The van der Waals surface area contributed by atoms with Gasteiger partial charge in [-0.25, -0.2) is 0 Å². The highest BCUT2D eigenvalue weighted by atomic mass is 16.3. The first-order valence-electron chi connectivity index (χ1n) is 5.38. The molecule has 0 aromatic heterocycles. The summed E-state index contributed by atoms with van der Waals surface area (Å²) in [4.78, 5) is 2.22. The van der Waals surface area contributed by atoms with E-state index in [1.807, 2.05) is 6.92 Å². The van der Waals surface area contributed by atoms with Gasteiger partial charge in [0.05, 0.1) is 5.60 Å². The topological polar surface area (TPSA) is 23.5 Å². The van der Waals surface area contributed by atoms with Crippen molar-refractivity contribution in [1.29, 1.82) is 0 Å². The normalized spacial score (nSPS) is 38.7. The van der Waals surface area contributed by atoms with Crippen LogP contribution in [0.25, 0.3) is 0 Å². The quantitative estimate of drug-likeness (QED) is 0.685. The monoisotopic (exact) mass is 197 g/mol. The van der Waals surface area contributed by atoms with Gasteiger partial charge >= 0.3 is 0 Å². The molecule has 0 heterocycles. The van der Waals surface area contributed by atoms with Crippen molar-refractivity contribution >= 4 is 0 Å². The second-order valence-corrected chi connectivity index (χ2v) is 5.22. The Morgan fingerprint density at radius 2 is 2.07 bits per heavy atom. The fraction of sp³-hybridized carbons (Fsp3) is 0.833. The smallest absolute Gasteiger partial charge is 0.0635 e. The SMILES string of the molecule is C=C(C)C1CCC(C)(O)CC1N(C)C. The van der Waals surface area contributed by atoms with Gasteiger partial charge in [0.15, 0.2) is 0 Å². The van der Waals surface area contributed by atoms with Gasteiger partial charge in [-0.3, -0.25) is 0 Å². The zero-order valence-electron chi connectivity index (χ0n) is 9.88. The fourth-order valence-electron chi connectivity index (χ4n) is 2.47. The molecular formula is C12H23NO. The number of nitrogens with zero attached hydrogens (tertiary/aromatic N) is 1. The van der Waals surface area contributed by atoms with Crippen molar-refractivity contribution < 1.29 is 5.11 Å². The lowest BCUT2D eigenvalue weighted by Gasteiger charge is -2.43. The van der Waals surface area contributed by atoms with Crippen LogP contribution in [0.2, 0.25) is 0 Å². The van der Waals surface area contributed by atoms with Crippen molar-refractivity contribution in [3.8, 4) is 0 Å². The van der Waals surface area contributed by atoms with E-state index in [9.17, 15) is 5.11 Å². The van der Waals surface area contributed by atoms with Crippen LogP contribution in [0.1, 0.15) is 33.1 Å². The number of hydrogen-bond donors (Lipinski definition) is 1. The highest BCUT2D eigenvalue weighted by Gasteiger charge is 2.37. The lowest BCUT2D eigenvalue weighted by atomic mass is 9.73. The minimum absolute atomic E-state index is 0.441. The molecule has 3 unspecified atom stereocenters. The summed E-state index contributed by atoms with van der Waals surface area (Å²) in [7, 11) is 4.17. The van der Waals surface area contributed by atoms with Crippen LogP contribution in [-0.2, 0) is 0 Å². The maximum Gasteiger partial charge on any atom is 0.0635 e. The highest BCUT2D eigenvalue weighted by molar-refractivity contribution is 5.06. The van der Waals surface area contributed by atoms with Gasteiger partial charge in [0.25, 0.3) is 0 Å². The van der Waals surface area contributed by atoms with Gasteiger partial charge in [0.2, 0.25) is 0 Å². The van der Waals surface area contributed by atoms with E-state index >= 15 is 0 Å². The van der Waals surface area contributed by atoms with E-state index in [-0.39, 0.29) is 0 Å². The van der Waals surface area contributed by atoms with Crippen molar-refractivity contribution in [2.75, 3.05) is 14.1 Å². The standard InChI is InChI=1S/C12H23NO/c1-9(2)10-6-7-12(3,14)8-11(10)13(4)5/h10-11,14H,1,6-8H2,2-5H3. The molecule has 1 aliphatic rings. The molecule has 0 bridgehead atoms. The van der Waals surface area contributed by atoms with E-state index in [1.54, 1.807) is 0 Å². The van der Waals surface area contributed by atoms with E-state index in [1.165, 1.54) is 5.57 Å². The molecule has 14 heavy (non-hydrogen) atoms. The summed E-state index contributed by atoms with van der Waals surface area (Å²) < 4.78 is 0. The van der Waals surface area contributed by atoms with Gasteiger partial charge in [-0.05, 0) is 53.1 Å². The van der Waals surface area contributed by atoms with E-state index in [4.69, 9.17) is 0 Å². The summed E-state index contributed by atoms with van der Waals surface area (Å²) in [5, 5.41) is 10.0. The largest absolute Gasteiger partial charge is 0.390 e. The summed E-state index contributed by atoms with van der Waals surface area (Å²) >= 11 is 0. The Balaban J connectivity index is 2.76. The molecule has 2 nitrogen and oxygen atoms in total. The average Bonchev–Trinajstić information content (AvgIpc) is 2.01. The molecule has 1 aliphatic carbocycles. The fourth-order valence-corrected chi connectivity index (χ4v) is 2.47. The van der Waals surface area contributed by atoms with E-state index < -0.39 is 5.60 Å². The lowest BCUT2D eigenvalue weighted by molar-refractivity contribution is -0.0224. The molecule has 0 aromatic carbocycles. The van der Waals surface area contributed by atoms with Crippen molar-refractivity contribution in [2.24, 2.45) is 5.92 Å². The summed E-state index contributed by atoms with van der Waals surface area (Å²) in [5.41, 5.74) is 0.764. The van der Waals surface area contributed by atoms with Crippen LogP contribution in [0, 0.1) is 5.92 Å². The third-order valence-corrected chi connectivity index (χ3v) is 3.40. The molecule has 1 rings (SSSR count). The Labute approximate surface area is 87.6 Å². The molecule has 0 spiro atoms. The first-order valence-corrected chi connectivity index (χ1v) is 5.38. The first-order chi connectivity index (χ1) is 6.33. The van der Waals surface area contributed by atoms with Gasteiger partial charge in [0, 0.05) is 6.04 Å². The Bertz CT molecular complexity index is 220. The van der Waals surface area contributed by atoms with Crippen molar-refractivity contribution in [2.45, 2.75) is 44.8 Å². The summed E-state index contributed by atoms with van der Waals surface area (Å²) in [6, 6.07) is 0.441. The van der Waals surface area contributed by atoms with Gasteiger partial charge < -0.3 is 10.0 Å². The molecule has 0 saturated heterocycles. The third kappa shape index (κ3) is 2.58. The van der Waals surface area contributed by atoms with Crippen LogP contribution >= 0.6 is 0 Å². The second-order valence-electron chi connectivity index (χ2n) is 5.22. The number of rotatable bonds is 2. The third-order valence-electron chi connectivity index (χ3n) is 3.40. The zero-order valence-corrected chi connectivity index (χ0v) is 9.88. The lowest BCUT2D eigenvalue weighted by Crippen LogP contribution is -2.46. The molecular weight excluding hydrogens is 174 g/mol. The first kappa shape index (κ1) is 11.7. The van der Waals surface area contributed by atoms with Crippen molar-refractivity contribution in [3.63, 3.8) is 0 Å². The molecule has 1 saturated carbocycles.